The summed E-state index contributed by atoms with van der Waals surface area (Å²) in [6, 6.07) is 3.59. The standard InChI is InChI=1S/C13H14FNO5/c1-19-11(16)7-10(13(18)20-2)15-12(17)8-3-5-9(14)6-4-8/h3-6,10H,7H2,1-2H3,(H,15,17)/t10-/m1/s1. The van der Waals surface area contributed by atoms with Crippen LogP contribution in [0.25, 0.3) is 0 Å². The summed E-state index contributed by atoms with van der Waals surface area (Å²) >= 11 is 0. The minimum absolute atomic E-state index is 0.158. The van der Waals surface area contributed by atoms with Crippen LogP contribution in [0.1, 0.15) is 16.8 Å². The number of ether oxygens (including phenoxy) is 2. The molecule has 0 spiro atoms. The highest BCUT2D eigenvalue weighted by atomic mass is 19.1. The second-order valence-electron chi connectivity index (χ2n) is 3.84. The quantitative estimate of drug-likeness (QED) is 0.803. The van der Waals surface area contributed by atoms with Gasteiger partial charge in [0, 0.05) is 5.56 Å². The number of hydrogen-bond donors (Lipinski definition) is 1. The van der Waals surface area contributed by atoms with Crippen LogP contribution in [0.2, 0.25) is 0 Å². The van der Waals surface area contributed by atoms with Gasteiger partial charge in [0.05, 0.1) is 20.6 Å². The molecule has 0 unspecified atom stereocenters. The van der Waals surface area contributed by atoms with Gasteiger partial charge in [0.25, 0.3) is 5.91 Å². The third-order valence-electron chi connectivity index (χ3n) is 2.50. The first-order valence-corrected chi connectivity index (χ1v) is 5.69. The second-order valence-corrected chi connectivity index (χ2v) is 3.84. The molecule has 108 valence electrons. The lowest BCUT2D eigenvalue weighted by molar-refractivity contribution is -0.149. The number of carbonyl (C=O) groups is 3. The average Bonchev–Trinajstić information content (AvgIpc) is 2.46. The molecular weight excluding hydrogens is 269 g/mol. The van der Waals surface area contributed by atoms with E-state index < -0.39 is 29.7 Å². The average molecular weight is 283 g/mol. The molecule has 0 aromatic heterocycles. The molecule has 0 saturated heterocycles. The number of carbonyl (C=O) groups excluding carboxylic acids is 3. The highest BCUT2D eigenvalue weighted by Gasteiger charge is 2.25. The fraction of sp³-hybridized carbons (Fsp3) is 0.308. The van der Waals surface area contributed by atoms with Crippen LogP contribution in [0.5, 0.6) is 0 Å². The van der Waals surface area contributed by atoms with E-state index in [2.05, 4.69) is 14.8 Å². The summed E-state index contributed by atoms with van der Waals surface area (Å²) in [5.74, 6) is -2.55. The van der Waals surface area contributed by atoms with Gasteiger partial charge in [0.2, 0.25) is 0 Å². The van der Waals surface area contributed by atoms with E-state index in [0.717, 1.165) is 19.2 Å². The van der Waals surface area contributed by atoms with E-state index in [1.165, 1.54) is 19.2 Å². The van der Waals surface area contributed by atoms with Crippen molar-refractivity contribution in [2.24, 2.45) is 0 Å². The molecule has 0 aliphatic carbocycles. The Hall–Kier alpha value is -2.44. The van der Waals surface area contributed by atoms with Crippen LogP contribution >= 0.6 is 0 Å². The highest BCUT2D eigenvalue weighted by molar-refractivity contribution is 5.97. The molecule has 1 rings (SSSR count). The smallest absolute Gasteiger partial charge is 0.328 e. The second kappa shape index (κ2) is 7.22. The van der Waals surface area contributed by atoms with Crippen molar-refractivity contribution in [3.63, 3.8) is 0 Å². The molecule has 1 aromatic rings. The van der Waals surface area contributed by atoms with E-state index in [9.17, 15) is 18.8 Å². The number of amides is 1. The summed E-state index contributed by atoms with van der Waals surface area (Å²) in [5.41, 5.74) is 0.158. The molecule has 1 N–H and O–H groups in total. The van der Waals surface area contributed by atoms with Gasteiger partial charge in [0.1, 0.15) is 11.9 Å². The summed E-state index contributed by atoms with van der Waals surface area (Å²) in [4.78, 5) is 34.5. The van der Waals surface area contributed by atoms with E-state index in [1.54, 1.807) is 0 Å². The molecule has 0 fully saturated rings. The maximum atomic E-state index is 12.7. The van der Waals surface area contributed by atoms with E-state index in [1.807, 2.05) is 0 Å². The number of esters is 2. The molecule has 0 saturated carbocycles. The molecule has 0 heterocycles. The van der Waals surface area contributed by atoms with Crippen LogP contribution in [0, 0.1) is 5.82 Å². The Morgan fingerprint density at radius 1 is 1.15 bits per heavy atom. The molecular formula is C13H14FNO5. The molecule has 0 radical (unpaired) electrons. The Morgan fingerprint density at radius 3 is 2.25 bits per heavy atom. The van der Waals surface area contributed by atoms with Crippen molar-refractivity contribution in [2.75, 3.05) is 14.2 Å². The molecule has 1 aromatic carbocycles. The van der Waals surface area contributed by atoms with Gasteiger partial charge in [-0.2, -0.15) is 0 Å². The van der Waals surface area contributed by atoms with Crippen LogP contribution in [-0.2, 0) is 19.1 Å². The summed E-state index contributed by atoms with van der Waals surface area (Å²) in [5, 5.41) is 2.33. The lowest BCUT2D eigenvalue weighted by Gasteiger charge is -2.15. The largest absolute Gasteiger partial charge is 0.469 e. The Bertz CT molecular complexity index is 500. The number of benzene rings is 1. The SMILES string of the molecule is COC(=O)C[C@@H](NC(=O)c1ccc(F)cc1)C(=O)OC. The van der Waals surface area contributed by atoms with E-state index >= 15 is 0 Å². The highest BCUT2D eigenvalue weighted by Crippen LogP contribution is 2.05. The normalized spacial score (nSPS) is 11.3. The predicted octanol–water partition coefficient (Wildman–Crippen LogP) is 0.660. The van der Waals surface area contributed by atoms with Gasteiger partial charge in [-0.25, -0.2) is 9.18 Å². The summed E-state index contributed by atoms with van der Waals surface area (Å²) in [7, 11) is 2.30. The molecule has 20 heavy (non-hydrogen) atoms. The molecule has 7 heteroatoms. The van der Waals surface area contributed by atoms with Gasteiger partial charge in [-0.3, -0.25) is 9.59 Å². The molecule has 0 bridgehead atoms. The van der Waals surface area contributed by atoms with Crippen molar-refractivity contribution >= 4 is 17.8 Å². The van der Waals surface area contributed by atoms with E-state index in [-0.39, 0.29) is 12.0 Å². The minimum Gasteiger partial charge on any atom is -0.469 e. The lowest BCUT2D eigenvalue weighted by atomic mass is 10.1. The Kier molecular flexibility index (Phi) is 5.64. The van der Waals surface area contributed by atoms with E-state index in [4.69, 9.17) is 0 Å². The topological polar surface area (TPSA) is 81.7 Å². The van der Waals surface area contributed by atoms with Crippen LogP contribution in [0.15, 0.2) is 24.3 Å². The lowest BCUT2D eigenvalue weighted by Crippen LogP contribution is -2.43. The first-order valence-electron chi connectivity index (χ1n) is 5.69. The van der Waals surface area contributed by atoms with Crippen LogP contribution in [-0.4, -0.2) is 38.1 Å². The number of nitrogens with one attached hydrogen (secondary N) is 1. The van der Waals surface area contributed by atoms with Crippen molar-refractivity contribution in [3.05, 3.63) is 35.6 Å². The van der Waals surface area contributed by atoms with Gasteiger partial charge >= 0.3 is 11.9 Å². The van der Waals surface area contributed by atoms with Crippen molar-refractivity contribution in [1.82, 2.24) is 5.32 Å². The number of halogens is 1. The molecule has 0 aliphatic heterocycles. The van der Waals surface area contributed by atoms with Crippen molar-refractivity contribution in [3.8, 4) is 0 Å². The molecule has 1 atom stereocenters. The summed E-state index contributed by atoms with van der Waals surface area (Å²) < 4.78 is 21.7. The number of methoxy groups -OCH3 is 2. The fourth-order valence-electron chi connectivity index (χ4n) is 1.43. The van der Waals surface area contributed by atoms with E-state index in [0.29, 0.717) is 0 Å². The third kappa shape index (κ3) is 4.34. The van der Waals surface area contributed by atoms with Crippen LogP contribution < -0.4 is 5.32 Å². The Labute approximate surface area is 114 Å². The summed E-state index contributed by atoms with van der Waals surface area (Å²) in [6.45, 7) is 0. The predicted molar refractivity (Wildman–Crippen MR) is 66.3 cm³/mol. The zero-order valence-electron chi connectivity index (χ0n) is 11.0. The molecule has 1 amide bonds. The van der Waals surface area contributed by atoms with Gasteiger partial charge in [-0.15, -0.1) is 0 Å². The maximum absolute atomic E-state index is 12.7. The van der Waals surface area contributed by atoms with Crippen LogP contribution in [0.3, 0.4) is 0 Å². The van der Waals surface area contributed by atoms with Crippen molar-refractivity contribution < 1.29 is 28.2 Å². The van der Waals surface area contributed by atoms with Crippen molar-refractivity contribution in [1.29, 1.82) is 0 Å². The van der Waals surface area contributed by atoms with Gasteiger partial charge in [-0.05, 0) is 24.3 Å². The Balaban J connectivity index is 2.78. The maximum Gasteiger partial charge on any atom is 0.328 e. The number of hydrogen-bond acceptors (Lipinski definition) is 5. The minimum atomic E-state index is -1.16. The zero-order valence-corrected chi connectivity index (χ0v) is 11.0. The molecule has 6 nitrogen and oxygen atoms in total. The molecule has 0 aliphatic rings. The zero-order chi connectivity index (χ0) is 15.1. The monoisotopic (exact) mass is 283 g/mol. The Morgan fingerprint density at radius 2 is 1.75 bits per heavy atom. The van der Waals surface area contributed by atoms with Crippen LogP contribution in [0.4, 0.5) is 4.39 Å². The first-order chi connectivity index (χ1) is 9.47. The van der Waals surface area contributed by atoms with Gasteiger partial charge in [0.15, 0.2) is 0 Å². The first kappa shape index (κ1) is 15.6. The van der Waals surface area contributed by atoms with Gasteiger partial charge < -0.3 is 14.8 Å². The number of rotatable bonds is 5. The third-order valence-corrected chi connectivity index (χ3v) is 2.50. The van der Waals surface area contributed by atoms with Crippen molar-refractivity contribution in [2.45, 2.75) is 12.5 Å². The van der Waals surface area contributed by atoms with Gasteiger partial charge in [-0.1, -0.05) is 0 Å². The summed E-state index contributed by atoms with van der Waals surface area (Å²) in [6.07, 6.45) is -0.351. The fourth-order valence-corrected chi connectivity index (χ4v) is 1.43.